The summed E-state index contributed by atoms with van der Waals surface area (Å²) in [5.74, 6) is 0.802. The lowest BCUT2D eigenvalue weighted by Gasteiger charge is -2.27. The minimum Gasteiger partial charge on any atom is -0.497 e. The third-order valence-corrected chi connectivity index (χ3v) is 5.24. The van der Waals surface area contributed by atoms with Crippen LogP contribution < -0.4 is 10.1 Å². The van der Waals surface area contributed by atoms with Crippen molar-refractivity contribution < 1.29 is 4.74 Å². The van der Waals surface area contributed by atoms with Crippen LogP contribution in [0.15, 0.2) is 29.3 Å². The fraction of sp³-hybridized carbons (Fsp3) is 0.438. The molecular weight excluding hydrogens is 328 g/mol. The highest BCUT2D eigenvalue weighted by atomic mass is 32.2. The Morgan fingerprint density at radius 2 is 2.00 bits per heavy atom. The molecule has 2 N–H and O–H groups in total. The lowest BCUT2D eigenvalue weighted by atomic mass is 10.1. The molecule has 0 spiro atoms. The number of thioether (sulfide) groups is 1. The molecule has 1 atom stereocenters. The summed E-state index contributed by atoms with van der Waals surface area (Å²) in [5.41, 5.74) is 0.884. The molecule has 0 saturated carbocycles. The largest absolute Gasteiger partial charge is 0.497 e. The number of thiocarbonyl (C=S) groups is 1. The summed E-state index contributed by atoms with van der Waals surface area (Å²) in [4.78, 5) is 7.52. The zero-order valence-electron chi connectivity index (χ0n) is 13.0. The number of rotatable bonds is 3. The summed E-state index contributed by atoms with van der Waals surface area (Å²) in [6.45, 7) is 2.06. The number of aliphatic imine (C=N–C) groups is 1. The first-order valence-electron chi connectivity index (χ1n) is 7.71. The monoisotopic (exact) mass is 348 g/mol. The molecule has 2 heterocycles. The van der Waals surface area contributed by atoms with E-state index in [4.69, 9.17) is 22.4 Å². The van der Waals surface area contributed by atoms with Crippen molar-refractivity contribution in [3.63, 3.8) is 0 Å². The second-order valence-electron chi connectivity index (χ2n) is 5.55. The molecule has 1 aromatic rings. The highest BCUT2D eigenvalue weighted by molar-refractivity contribution is 8.27. The van der Waals surface area contributed by atoms with Crippen LogP contribution in [0.1, 0.15) is 19.3 Å². The molecule has 122 valence electrons. The Morgan fingerprint density at radius 1 is 1.30 bits per heavy atom. The molecule has 0 aromatic heterocycles. The molecule has 1 unspecified atom stereocenters. The second kappa shape index (κ2) is 7.31. The van der Waals surface area contributed by atoms with Gasteiger partial charge in [0.1, 0.15) is 15.8 Å². The summed E-state index contributed by atoms with van der Waals surface area (Å²) in [5, 5.41) is 12.8. The van der Waals surface area contributed by atoms with Gasteiger partial charge in [0.2, 0.25) is 0 Å². The van der Waals surface area contributed by atoms with Crippen LogP contribution >= 0.6 is 24.0 Å². The third-order valence-electron chi connectivity index (χ3n) is 3.92. The van der Waals surface area contributed by atoms with Crippen LogP contribution in [0.3, 0.4) is 0 Å². The molecule has 5 nitrogen and oxygen atoms in total. The molecule has 7 heteroatoms. The SMILES string of the molecule is COc1ccc(NC(=S)C2N=C(N3CCCCC3)SC2=N)cc1. The second-order valence-corrected chi connectivity index (χ2v) is 6.99. The van der Waals surface area contributed by atoms with Gasteiger partial charge in [0.05, 0.1) is 7.11 Å². The lowest BCUT2D eigenvalue weighted by molar-refractivity contribution is 0.347. The van der Waals surface area contributed by atoms with E-state index in [0.717, 1.165) is 29.7 Å². The quantitative estimate of drug-likeness (QED) is 0.820. The maximum atomic E-state index is 8.19. The Bertz CT molecular complexity index is 623. The van der Waals surface area contributed by atoms with Crippen molar-refractivity contribution in [2.45, 2.75) is 25.3 Å². The van der Waals surface area contributed by atoms with Crippen LogP contribution in [-0.2, 0) is 0 Å². The van der Waals surface area contributed by atoms with Gasteiger partial charge in [0, 0.05) is 18.8 Å². The van der Waals surface area contributed by atoms with Crippen LogP contribution in [0.2, 0.25) is 0 Å². The molecule has 1 aromatic carbocycles. The van der Waals surface area contributed by atoms with E-state index in [1.54, 1.807) is 7.11 Å². The summed E-state index contributed by atoms with van der Waals surface area (Å²) in [6.07, 6.45) is 3.69. The first kappa shape index (κ1) is 16.3. The van der Waals surface area contributed by atoms with Crippen LogP contribution in [-0.4, -0.2) is 46.3 Å². The number of nitrogens with one attached hydrogen (secondary N) is 2. The molecule has 1 saturated heterocycles. The van der Waals surface area contributed by atoms with Crippen molar-refractivity contribution in [1.29, 1.82) is 5.41 Å². The molecule has 0 aliphatic carbocycles. The van der Waals surface area contributed by atoms with Gasteiger partial charge >= 0.3 is 0 Å². The number of anilines is 1. The molecule has 2 aliphatic rings. The number of nitrogens with zero attached hydrogens (tertiary/aromatic N) is 2. The Balaban J connectivity index is 1.65. The van der Waals surface area contributed by atoms with Gasteiger partial charge in [0.15, 0.2) is 11.2 Å². The molecule has 2 aliphatic heterocycles. The van der Waals surface area contributed by atoms with Crippen LogP contribution in [0.4, 0.5) is 5.69 Å². The number of amidine groups is 1. The van der Waals surface area contributed by atoms with E-state index in [9.17, 15) is 0 Å². The standard InChI is InChI=1S/C16H20N4OS2/c1-21-12-7-5-11(6-8-12)18-15(22)13-14(17)23-16(19-13)20-9-3-2-4-10-20/h5-8,13,17H,2-4,9-10H2,1H3,(H,18,22). The number of likely N-dealkylation sites (tertiary alicyclic amines) is 1. The van der Waals surface area contributed by atoms with E-state index in [0.29, 0.717) is 10.0 Å². The minimum absolute atomic E-state index is 0.367. The average Bonchev–Trinajstić information content (AvgIpc) is 2.98. The van der Waals surface area contributed by atoms with Gasteiger partial charge in [-0.2, -0.15) is 0 Å². The van der Waals surface area contributed by atoms with Crippen LogP contribution in [0.25, 0.3) is 0 Å². The third kappa shape index (κ3) is 3.84. The van der Waals surface area contributed by atoms with Crippen molar-refractivity contribution in [2.24, 2.45) is 4.99 Å². The van der Waals surface area contributed by atoms with Gasteiger partial charge in [-0.3, -0.25) is 5.41 Å². The number of piperidine rings is 1. The van der Waals surface area contributed by atoms with Crippen molar-refractivity contribution in [2.75, 3.05) is 25.5 Å². The predicted molar refractivity (Wildman–Crippen MR) is 101 cm³/mol. The maximum absolute atomic E-state index is 8.19. The summed E-state index contributed by atoms with van der Waals surface area (Å²) in [7, 11) is 1.64. The average molecular weight is 348 g/mol. The minimum atomic E-state index is -0.367. The van der Waals surface area contributed by atoms with E-state index < -0.39 is 0 Å². The molecule has 0 amide bonds. The molecule has 0 bridgehead atoms. The highest BCUT2D eigenvalue weighted by Crippen LogP contribution is 2.27. The van der Waals surface area contributed by atoms with Gasteiger partial charge in [-0.1, -0.05) is 12.2 Å². The van der Waals surface area contributed by atoms with Crippen LogP contribution in [0, 0.1) is 5.41 Å². The van der Waals surface area contributed by atoms with Gasteiger partial charge in [-0.05, 0) is 55.3 Å². The molecule has 0 radical (unpaired) electrons. The normalized spacial score (nSPS) is 21.1. The number of hydrogen-bond acceptors (Lipinski definition) is 6. The molecular formula is C16H20N4OS2. The zero-order chi connectivity index (χ0) is 16.2. The molecule has 3 rings (SSSR count). The Morgan fingerprint density at radius 3 is 2.65 bits per heavy atom. The number of benzene rings is 1. The van der Waals surface area contributed by atoms with E-state index in [1.807, 2.05) is 24.3 Å². The van der Waals surface area contributed by atoms with Crippen molar-refractivity contribution in [3.05, 3.63) is 24.3 Å². The van der Waals surface area contributed by atoms with E-state index in [2.05, 4.69) is 15.2 Å². The highest BCUT2D eigenvalue weighted by Gasteiger charge is 2.31. The number of methoxy groups -OCH3 is 1. The first-order chi connectivity index (χ1) is 11.2. The summed E-state index contributed by atoms with van der Waals surface area (Å²) in [6, 6.07) is 7.21. The molecule has 1 fully saturated rings. The number of hydrogen-bond donors (Lipinski definition) is 2. The summed E-state index contributed by atoms with van der Waals surface area (Å²) < 4.78 is 5.15. The van der Waals surface area contributed by atoms with Crippen molar-refractivity contribution in [1.82, 2.24) is 4.90 Å². The summed E-state index contributed by atoms with van der Waals surface area (Å²) >= 11 is 6.90. The van der Waals surface area contributed by atoms with Gasteiger partial charge in [-0.15, -0.1) is 0 Å². The van der Waals surface area contributed by atoms with Crippen molar-refractivity contribution >= 4 is 44.9 Å². The smallest absolute Gasteiger partial charge is 0.166 e. The maximum Gasteiger partial charge on any atom is 0.166 e. The fourth-order valence-corrected chi connectivity index (χ4v) is 3.96. The van der Waals surface area contributed by atoms with E-state index >= 15 is 0 Å². The Hall–Kier alpha value is -1.60. The first-order valence-corrected chi connectivity index (χ1v) is 8.94. The van der Waals surface area contributed by atoms with Crippen molar-refractivity contribution in [3.8, 4) is 5.75 Å². The van der Waals surface area contributed by atoms with E-state index in [1.165, 1.54) is 31.0 Å². The fourth-order valence-electron chi connectivity index (χ4n) is 2.64. The lowest BCUT2D eigenvalue weighted by Crippen LogP contribution is -2.33. The topological polar surface area (TPSA) is 60.7 Å². The number of ether oxygens (including phenoxy) is 1. The van der Waals surface area contributed by atoms with Crippen LogP contribution in [0.5, 0.6) is 5.75 Å². The molecule has 23 heavy (non-hydrogen) atoms. The Kier molecular flexibility index (Phi) is 5.17. The van der Waals surface area contributed by atoms with Gasteiger partial charge in [-0.25, -0.2) is 4.99 Å². The Labute approximate surface area is 146 Å². The van der Waals surface area contributed by atoms with Gasteiger partial charge < -0.3 is 15.0 Å². The zero-order valence-corrected chi connectivity index (χ0v) is 14.7. The van der Waals surface area contributed by atoms with Gasteiger partial charge in [0.25, 0.3) is 0 Å². The predicted octanol–water partition coefficient (Wildman–Crippen LogP) is 3.37. The van der Waals surface area contributed by atoms with E-state index in [-0.39, 0.29) is 6.04 Å².